The van der Waals surface area contributed by atoms with Crippen molar-refractivity contribution in [2.24, 2.45) is 7.05 Å². The smallest absolute Gasteiger partial charge is 0.271 e. The van der Waals surface area contributed by atoms with Crippen LogP contribution in [0.2, 0.25) is 0 Å². The molecule has 1 fully saturated rings. The molecule has 0 aromatic carbocycles. The molecule has 0 radical (unpaired) electrons. The summed E-state index contributed by atoms with van der Waals surface area (Å²) in [6.07, 6.45) is 8.39. The molecule has 116 valence electrons. The molecule has 2 atom stereocenters. The van der Waals surface area contributed by atoms with Crippen LogP contribution in [0.1, 0.15) is 40.7 Å². The normalized spacial score (nSPS) is 21.5. The van der Waals surface area contributed by atoms with Crippen molar-refractivity contribution in [3.05, 3.63) is 41.7 Å². The molecule has 22 heavy (non-hydrogen) atoms. The van der Waals surface area contributed by atoms with Crippen molar-refractivity contribution >= 4 is 5.91 Å². The molecule has 1 aliphatic heterocycles. The number of hydrogen-bond acceptors (Lipinski definition) is 5. The predicted molar refractivity (Wildman–Crippen MR) is 79.2 cm³/mol. The number of ether oxygens (including phenoxy) is 1. The lowest BCUT2D eigenvalue weighted by atomic mass is 9.98. The number of hydrogen-bond donors (Lipinski definition) is 1. The van der Waals surface area contributed by atoms with Gasteiger partial charge in [-0.2, -0.15) is 5.10 Å². The zero-order valence-electron chi connectivity index (χ0n) is 12.7. The van der Waals surface area contributed by atoms with Crippen molar-refractivity contribution in [3.8, 4) is 0 Å². The second-order valence-corrected chi connectivity index (χ2v) is 5.50. The Hall–Kier alpha value is -2.28. The number of nitrogens with one attached hydrogen (secondary N) is 1. The van der Waals surface area contributed by atoms with Gasteiger partial charge in [0.05, 0.1) is 24.1 Å². The fraction of sp³-hybridized carbons (Fsp3) is 0.467. The fourth-order valence-corrected chi connectivity index (χ4v) is 2.60. The van der Waals surface area contributed by atoms with E-state index in [1.54, 1.807) is 17.1 Å². The molecule has 1 N–H and O–H groups in total. The molecule has 1 saturated heterocycles. The van der Waals surface area contributed by atoms with E-state index in [0.29, 0.717) is 12.3 Å². The summed E-state index contributed by atoms with van der Waals surface area (Å²) in [5.74, 6) is -0.225. The van der Waals surface area contributed by atoms with E-state index in [4.69, 9.17) is 4.74 Å². The van der Waals surface area contributed by atoms with Crippen molar-refractivity contribution in [1.29, 1.82) is 0 Å². The van der Waals surface area contributed by atoms with Crippen LogP contribution in [-0.2, 0) is 11.8 Å². The van der Waals surface area contributed by atoms with Crippen LogP contribution < -0.4 is 5.32 Å². The molecule has 2 aromatic rings. The van der Waals surface area contributed by atoms with Crippen molar-refractivity contribution in [1.82, 2.24) is 25.1 Å². The quantitative estimate of drug-likeness (QED) is 0.920. The van der Waals surface area contributed by atoms with Gasteiger partial charge in [0.25, 0.3) is 5.91 Å². The van der Waals surface area contributed by atoms with E-state index in [1.807, 2.05) is 20.2 Å². The van der Waals surface area contributed by atoms with E-state index >= 15 is 0 Å². The molecule has 0 bridgehead atoms. The molecule has 1 aliphatic rings. The molecule has 2 aromatic heterocycles. The average Bonchev–Trinajstić information content (AvgIpc) is 2.95. The predicted octanol–water partition coefficient (Wildman–Crippen LogP) is 1.17. The molecule has 0 aliphatic carbocycles. The van der Waals surface area contributed by atoms with Gasteiger partial charge in [0.15, 0.2) is 0 Å². The SMILES string of the molecule is Cc1cnc(C(=O)N[C@H]2CCCO[C@@H]2c2cnn(C)c2)cn1. The van der Waals surface area contributed by atoms with Gasteiger partial charge in [0.2, 0.25) is 0 Å². The van der Waals surface area contributed by atoms with E-state index in [1.165, 1.54) is 6.20 Å². The molecule has 0 unspecified atom stereocenters. The van der Waals surface area contributed by atoms with Crippen LogP contribution in [0.3, 0.4) is 0 Å². The van der Waals surface area contributed by atoms with E-state index in [-0.39, 0.29) is 18.1 Å². The van der Waals surface area contributed by atoms with Crippen molar-refractivity contribution < 1.29 is 9.53 Å². The Labute approximate surface area is 128 Å². The second-order valence-electron chi connectivity index (χ2n) is 5.50. The van der Waals surface area contributed by atoms with Crippen LogP contribution in [0.15, 0.2) is 24.8 Å². The van der Waals surface area contributed by atoms with Crippen molar-refractivity contribution in [3.63, 3.8) is 0 Å². The summed E-state index contributed by atoms with van der Waals surface area (Å²) in [5, 5.41) is 7.18. The minimum absolute atomic E-state index is 0.0893. The third-order valence-electron chi connectivity index (χ3n) is 3.71. The number of amides is 1. The second kappa shape index (κ2) is 6.23. The van der Waals surface area contributed by atoms with Gasteiger partial charge in [-0.3, -0.25) is 14.5 Å². The third-order valence-corrected chi connectivity index (χ3v) is 3.71. The number of aryl methyl sites for hydroxylation is 2. The highest BCUT2D eigenvalue weighted by Crippen LogP contribution is 2.28. The molecule has 0 saturated carbocycles. The van der Waals surface area contributed by atoms with Gasteiger partial charge in [0, 0.05) is 31.6 Å². The van der Waals surface area contributed by atoms with Crippen molar-refractivity contribution in [2.45, 2.75) is 31.9 Å². The lowest BCUT2D eigenvalue weighted by molar-refractivity contribution is -0.00955. The standard InChI is InChI=1S/C15H19N5O2/c1-10-6-17-13(8-16-10)15(21)19-12-4-3-5-22-14(12)11-7-18-20(2)9-11/h6-9,12,14H,3-5H2,1-2H3,(H,19,21)/t12-,14+/m0/s1. The van der Waals surface area contributed by atoms with E-state index < -0.39 is 0 Å². The summed E-state index contributed by atoms with van der Waals surface area (Å²) in [6, 6.07) is -0.0893. The summed E-state index contributed by atoms with van der Waals surface area (Å²) in [7, 11) is 1.86. The maximum atomic E-state index is 12.3. The minimum atomic E-state index is -0.225. The van der Waals surface area contributed by atoms with Gasteiger partial charge < -0.3 is 10.1 Å². The fourth-order valence-electron chi connectivity index (χ4n) is 2.60. The van der Waals surface area contributed by atoms with Crippen molar-refractivity contribution in [2.75, 3.05) is 6.61 Å². The number of nitrogens with zero attached hydrogens (tertiary/aromatic N) is 4. The van der Waals surface area contributed by atoms with Crippen LogP contribution in [0, 0.1) is 6.92 Å². The lowest BCUT2D eigenvalue weighted by Crippen LogP contribution is -2.43. The largest absolute Gasteiger partial charge is 0.371 e. The molecule has 0 spiro atoms. The number of carbonyl (C=O) groups is 1. The van der Waals surface area contributed by atoms with Gasteiger partial charge in [0.1, 0.15) is 11.8 Å². The molecule has 3 rings (SSSR count). The minimum Gasteiger partial charge on any atom is -0.371 e. The molecule has 3 heterocycles. The zero-order valence-corrected chi connectivity index (χ0v) is 12.7. The highest BCUT2D eigenvalue weighted by Gasteiger charge is 2.30. The van der Waals surface area contributed by atoms with Crippen LogP contribution >= 0.6 is 0 Å². The Bertz CT molecular complexity index is 652. The highest BCUT2D eigenvalue weighted by atomic mass is 16.5. The van der Waals surface area contributed by atoms with Crippen LogP contribution in [0.5, 0.6) is 0 Å². The van der Waals surface area contributed by atoms with Gasteiger partial charge in [-0.15, -0.1) is 0 Å². The van der Waals surface area contributed by atoms with Crippen LogP contribution in [-0.4, -0.2) is 38.3 Å². The molecular weight excluding hydrogens is 282 g/mol. The number of carbonyl (C=O) groups excluding carboxylic acids is 1. The third kappa shape index (κ3) is 3.14. The number of rotatable bonds is 3. The van der Waals surface area contributed by atoms with Gasteiger partial charge in [-0.05, 0) is 19.8 Å². The highest BCUT2D eigenvalue weighted by molar-refractivity contribution is 5.92. The zero-order chi connectivity index (χ0) is 15.5. The Balaban J connectivity index is 1.74. The first-order valence-corrected chi connectivity index (χ1v) is 7.33. The Morgan fingerprint density at radius 2 is 2.23 bits per heavy atom. The first-order valence-electron chi connectivity index (χ1n) is 7.33. The molecule has 7 nitrogen and oxygen atoms in total. The molecule has 7 heteroatoms. The van der Waals surface area contributed by atoms with E-state index in [9.17, 15) is 4.79 Å². The monoisotopic (exact) mass is 301 g/mol. The molecule has 1 amide bonds. The Morgan fingerprint density at radius 1 is 1.36 bits per heavy atom. The summed E-state index contributed by atoms with van der Waals surface area (Å²) in [4.78, 5) is 20.5. The lowest BCUT2D eigenvalue weighted by Gasteiger charge is -2.31. The van der Waals surface area contributed by atoms with Crippen LogP contribution in [0.25, 0.3) is 0 Å². The summed E-state index contributed by atoms with van der Waals surface area (Å²) in [5.41, 5.74) is 2.08. The Morgan fingerprint density at radius 3 is 2.91 bits per heavy atom. The topological polar surface area (TPSA) is 81.9 Å². The maximum Gasteiger partial charge on any atom is 0.271 e. The average molecular weight is 301 g/mol. The van der Waals surface area contributed by atoms with E-state index in [2.05, 4.69) is 20.4 Å². The summed E-state index contributed by atoms with van der Waals surface area (Å²) >= 11 is 0. The van der Waals surface area contributed by atoms with Crippen LogP contribution in [0.4, 0.5) is 0 Å². The number of aromatic nitrogens is 4. The summed E-state index contributed by atoms with van der Waals surface area (Å²) < 4.78 is 7.58. The first-order chi connectivity index (χ1) is 10.6. The van der Waals surface area contributed by atoms with Gasteiger partial charge >= 0.3 is 0 Å². The van der Waals surface area contributed by atoms with Gasteiger partial charge in [-0.25, -0.2) is 4.98 Å². The maximum absolute atomic E-state index is 12.3. The summed E-state index contributed by atoms with van der Waals surface area (Å²) in [6.45, 7) is 2.53. The Kier molecular flexibility index (Phi) is 4.15. The van der Waals surface area contributed by atoms with E-state index in [0.717, 1.165) is 24.1 Å². The first kappa shape index (κ1) is 14.6. The molecular formula is C15H19N5O2. The van der Waals surface area contributed by atoms with Gasteiger partial charge in [-0.1, -0.05) is 0 Å².